The van der Waals surface area contributed by atoms with Gasteiger partial charge in [0.1, 0.15) is 11.2 Å². The smallest absolute Gasteiger partial charge is 0.167 e. The maximum absolute atomic E-state index is 9.12. The molecule has 0 saturated carbocycles. The Morgan fingerprint density at radius 1 is 0.391 bits per heavy atom. The third-order valence-electron chi connectivity index (χ3n) is 12.3. The molecule has 10 aromatic carbocycles. The quantitative estimate of drug-likeness (QED) is 0.157. The van der Waals surface area contributed by atoms with Gasteiger partial charge in [0.15, 0.2) is 17.5 Å². The van der Waals surface area contributed by atoms with E-state index in [-0.39, 0.29) is 23.0 Å². The lowest BCUT2D eigenvalue weighted by Gasteiger charge is -2.14. The third-order valence-corrected chi connectivity index (χ3v) is 12.3. The molecule has 5 nitrogen and oxygen atoms in total. The lowest BCUT2D eigenvalue weighted by molar-refractivity contribution is 0.669. The number of aromatic nitrogens is 4. The molecule has 0 spiro atoms. The van der Waals surface area contributed by atoms with Crippen molar-refractivity contribution in [1.29, 1.82) is 0 Å². The first-order valence-corrected chi connectivity index (χ1v) is 21.2. The highest BCUT2D eigenvalue weighted by Crippen LogP contribution is 2.44. The van der Waals surface area contributed by atoms with Gasteiger partial charge in [0.05, 0.1) is 23.5 Å². The van der Waals surface area contributed by atoms with Gasteiger partial charge in [-0.1, -0.05) is 182 Å². The maximum Gasteiger partial charge on any atom is 0.167 e. The minimum absolute atomic E-state index is 0.0602. The Labute approximate surface area is 375 Å². The van der Waals surface area contributed by atoms with Crippen molar-refractivity contribution in [2.75, 3.05) is 0 Å². The number of hydrogen-bond acceptors (Lipinski definition) is 4. The number of benzene rings is 10. The Kier molecular flexibility index (Phi) is 7.06. The Bertz CT molecular complexity index is 4180. The number of hydrogen-bond donors (Lipinski definition) is 0. The minimum atomic E-state index is -0.503. The molecule has 13 rings (SSSR count). The Morgan fingerprint density at radius 3 is 1.73 bits per heavy atom. The zero-order valence-electron chi connectivity index (χ0n) is 39.1. The van der Waals surface area contributed by atoms with Crippen molar-refractivity contribution in [2.24, 2.45) is 0 Å². The van der Waals surface area contributed by atoms with Crippen molar-refractivity contribution in [3.05, 3.63) is 218 Å². The molecular weight excluding hydrogens is 781 g/mol. The Hall–Kier alpha value is -8.67. The average molecular weight is 822 g/mol. The highest BCUT2D eigenvalue weighted by Gasteiger charge is 2.24. The topological polar surface area (TPSA) is 56.7 Å². The van der Waals surface area contributed by atoms with E-state index in [2.05, 4.69) is 102 Å². The molecule has 0 N–H and O–H groups in total. The number of rotatable bonds is 6. The predicted octanol–water partition coefficient (Wildman–Crippen LogP) is 15.5. The lowest BCUT2D eigenvalue weighted by atomic mass is 9.96. The Morgan fingerprint density at radius 2 is 0.984 bits per heavy atom. The van der Waals surface area contributed by atoms with E-state index in [0.717, 1.165) is 82.1 Å². The summed E-state index contributed by atoms with van der Waals surface area (Å²) < 4.78 is 53.3. The van der Waals surface area contributed by atoms with E-state index in [1.807, 2.05) is 91.0 Å². The molecule has 5 heteroatoms. The van der Waals surface area contributed by atoms with E-state index in [9.17, 15) is 0 Å². The average Bonchev–Trinajstić information content (AvgIpc) is 3.95. The van der Waals surface area contributed by atoms with Crippen LogP contribution in [0.15, 0.2) is 223 Å². The van der Waals surface area contributed by atoms with Crippen molar-refractivity contribution in [1.82, 2.24) is 19.5 Å². The van der Waals surface area contributed by atoms with Crippen LogP contribution in [-0.4, -0.2) is 19.5 Å². The summed E-state index contributed by atoms with van der Waals surface area (Å²) in [6.07, 6.45) is 0. The van der Waals surface area contributed by atoms with Crippen LogP contribution in [0.1, 0.15) is 6.85 Å². The predicted molar refractivity (Wildman–Crippen MR) is 264 cm³/mol. The summed E-state index contributed by atoms with van der Waals surface area (Å²) in [6, 6.07) is 61.8. The van der Waals surface area contributed by atoms with E-state index in [4.69, 9.17) is 26.2 Å². The molecule has 13 aromatic rings. The van der Waals surface area contributed by atoms with Crippen LogP contribution in [0.2, 0.25) is 0 Å². The molecule has 3 aromatic heterocycles. The first-order chi connectivity index (χ1) is 33.8. The summed E-state index contributed by atoms with van der Waals surface area (Å²) in [4.78, 5) is 15.4. The fourth-order valence-electron chi connectivity index (χ4n) is 9.45. The van der Waals surface area contributed by atoms with Gasteiger partial charge in [-0.2, -0.15) is 0 Å². The first-order valence-electron chi connectivity index (χ1n) is 23.7. The summed E-state index contributed by atoms with van der Waals surface area (Å²) in [5.74, 6) is 0.420. The standard InChI is InChI=1S/C59H36N4O/c1-3-16-37(17-4-1)38-30-32-39(33-31-38)44-26-15-29-54-55(44)50-35-42(63-52-27-13-11-24-47(52)48-25-12-14-28-53(48)63)36-51(56(50)64-54)59-61-57(40-18-5-2-6-19-40)60-58(62-59)49-34-41-20-7-8-21-43(41)45-22-9-10-23-46(45)49/h1-36H/i2D,5D,6D,18D,19D. The van der Waals surface area contributed by atoms with Crippen LogP contribution in [0.3, 0.4) is 0 Å². The first kappa shape index (κ1) is 31.2. The summed E-state index contributed by atoms with van der Waals surface area (Å²) in [7, 11) is 0. The zero-order chi connectivity index (χ0) is 46.5. The van der Waals surface area contributed by atoms with Crippen molar-refractivity contribution >= 4 is 65.3 Å². The van der Waals surface area contributed by atoms with E-state index < -0.39 is 30.2 Å². The summed E-state index contributed by atoms with van der Waals surface area (Å²) >= 11 is 0. The van der Waals surface area contributed by atoms with Gasteiger partial charge >= 0.3 is 0 Å². The minimum Gasteiger partial charge on any atom is -0.455 e. The van der Waals surface area contributed by atoms with Gasteiger partial charge in [0.25, 0.3) is 0 Å². The van der Waals surface area contributed by atoms with Gasteiger partial charge in [-0.3, -0.25) is 0 Å². The van der Waals surface area contributed by atoms with Gasteiger partial charge in [0.2, 0.25) is 0 Å². The number of para-hydroxylation sites is 2. The van der Waals surface area contributed by atoms with Crippen LogP contribution in [-0.2, 0) is 0 Å². The summed E-state index contributed by atoms with van der Waals surface area (Å²) in [6.45, 7) is 0. The summed E-state index contributed by atoms with van der Waals surface area (Å²) in [5.41, 5.74) is 9.37. The van der Waals surface area contributed by atoms with E-state index in [1.165, 1.54) is 0 Å². The molecule has 0 saturated heterocycles. The lowest BCUT2D eigenvalue weighted by Crippen LogP contribution is -2.02. The van der Waals surface area contributed by atoms with Gasteiger partial charge in [-0.05, 0) is 80.2 Å². The van der Waals surface area contributed by atoms with Gasteiger partial charge in [0, 0.05) is 38.4 Å². The van der Waals surface area contributed by atoms with Crippen LogP contribution in [0.4, 0.5) is 0 Å². The summed E-state index contributed by atoms with van der Waals surface area (Å²) in [5, 5.41) is 7.83. The van der Waals surface area contributed by atoms with Crippen LogP contribution in [0.5, 0.6) is 0 Å². The molecule has 0 radical (unpaired) electrons. The van der Waals surface area contributed by atoms with E-state index in [0.29, 0.717) is 22.3 Å². The van der Waals surface area contributed by atoms with Crippen LogP contribution in [0, 0.1) is 0 Å². The van der Waals surface area contributed by atoms with Crippen molar-refractivity contribution < 1.29 is 11.3 Å². The molecular formula is C59H36N4O. The molecule has 298 valence electrons. The molecule has 0 bridgehead atoms. The van der Waals surface area contributed by atoms with Crippen LogP contribution < -0.4 is 0 Å². The SMILES string of the molecule is [2H]c1c([2H])c([2H])c(-c2nc(-c3cc4ccccc4c4ccccc34)nc(-c3cc(-n4c5ccccc5c5ccccc54)cc4c3oc3cccc(-c5ccc(-c6ccccc6)cc5)c34)n2)c([2H])c1[2H]. The fourth-order valence-corrected chi connectivity index (χ4v) is 9.45. The second-order valence-electron chi connectivity index (χ2n) is 16.0. The molecule has 3 heterocycles. The second-order valence-corrected chi connectivity index (χ2v) is 16.0. The molecule has 0 aliphatic rings. The molecule has 0 unspecified atom stereocenters. The van der Waals surface area contributed by atoms with E-state index in [1.54, 1.807) is 0 Å². The van der Waals surface area contributed by atoms with Crippen molar-refractivity contribution in [3.63, 3.8) is 0 Å². The van der Waals surface area contributed by atoms with Gasteiger partial charge in [-0.25, -0.2) is 15.0 Å². The van der Waals surface area contributed by atoms with E-state index >= 15 is 0 Å². The Balaban J connectivity index is 1.15. The monoisotopic (exact) mass is 821 g/mol. The molecule has 0 fully saturated rings. The van der Waals surface area contributed by atoms with Gasteiger partial charge in [-0.15, -0.1) is 0 Å². The molecule has 0 atom stereocenters. The third kappa shape index (κ3) is 5.75. The van der Waals surface area contributed by atoms with Crippen molar-refractivity contribution in [3.8, 4) is 62.1 Å². The molecule has 0 aliphatic heterocycles. The highest BCUT2D eigenvalue weighted by molar-refractivity contribution is 6.17. The highest BCUT2D eigenvalue weighted by atomic mass is 16.3. The zero-order valence-corrected chi connectivity index (χ0v) is 34.1. The molecule has 0 amide bonds. The second kappa shape index (κ2) is 14.5. The van der Waals surface area contributed by atoms with Crippen LogP contribution >= 0.6 is 0 Å². The fraction of sp³-hybridized carbons (Fsp3) is 0. The van der Waals surface area contributed by atoms with Crippen molar-refractivity contribution in [2.45, 2.75) is 0 Å². The molecule has 0 aliphatic carbocycles. The normalized spacial score (nSPS) is 12.8. The maximum atomic E-state index is 9.12. The van der Waals surface area contributed by atoms with Crippen LogP contribution in [0.25, 0.3) is 127 Å². The largest absolute Gasteiger partial charge is 0.455 e. The number of nitrogens with zero attached hydrogens (tertiary/aromatic N) is 4. The molecule has 64 heavy (non-hydrogen) atoms. The number of fused-ring (bicyclic) bond motifs is 9. The van der Waals surface area contributed by atoms with Gasteiger partial charge < -0.3 is 8.98 Å². The number of furan rings is 1.